The molecule has 0 saturated carbocycles. The highest BCUT2D eigenvalue weighted by Crippen LogP contribution is 2.34. The van der Waals surface area contributed by atoms with E-state index in [4.69, 9.17) is 9.47 Å². The molecule has 1 N–H and O–H groups in total. The molecule has 11 heteroatoms. The van der Waals surface area contributed by atoms with Crippen LogP contribution < -0.4 is 5.32 Å². The van der Waals surface area contributed by atoms with E-state index in [1.807, 2.05) is 0 Å². The van der Waals surface area contributed by atoms with Crippen LogP contribution in [0, 0.1) is 11.6 Å². The zero-order valence-electron chi connectivity index (χ0n) is 19.1. The summed E-state index contributed by atoms with van der Waals surface area (Å²) in [5.74, 6) is -4.30. The van der Waals surface area contributed by atoms with Crippen molar-refractivity contribution in [1.82, 2.24) is 5.32 Å². The maximum absolute atomic E-state index is 13.8. The van der Waals surface area contributed by atoms with Crippen molar-refractivity contribution in [2.45, 2.75) is 77.1 Å². The van der Waals surface area contributed by atoms with Gasteiger partial charge in [-0.05, 0) is 57.4 Å². The average Bonchev–Trinajstić information content (AvgIpc) is 2.53. The molecule has 1 rings (SSSR count). The van der Waals surface area contributed by atoms with E-state index in [-0.39, 0.29) is 25.0 Å². The number of nitrogens with one attached hydrogen (secondary N) is 1. The van der Waals surface area contributed by atoms with E-state index < -0.39 is 55.2 Å². The lowest BCUT2D eigenvalue weighted by molar-refractivity contribution is -0.157. The van der Waals surface area contributed by atoms with Crippen LogP contribution >= 0.6 is 0 Å². The molecule has 0 aliphatic carbocycles. The molecule has 0 bridgehead atoms. The summed E-state index contributed by atoms with van der Waals surface area (Å²) in [5.41, 5.74) is -2.95. The summed E-state index contributed by atoms with van der Waals surface area (Å²) >= 11 is 0. The van der Waals surface area contributed by atoms with Crippen LogP contribution in [0.3, 0.4) is 0 Å². The van der Waals surface area contributed by atoms with Crippen molar-refractivity contribution in [3.63, 3.8) is 0 Å². The summed E-state index contributed by atoms with van der Waals surface area (Å²) in [6, 6.07) is 0.609. The maximum atomic E-state index is 13.8. The van der Waals surface area contributed by atoms with Gasteiger partial charge in [-0.1, -0.05) is 19.6 Å². The summed E-state index contributed by atoms with van der Waals surface area (Å²) in [5, 5.41) is 2.37. The van der Waals surface area contributed by atoms with Crippen LogP contribution in [-0.2, 0) is 26.9 Å². The Morgan fingerprint density at radius 2 is 1.59 bits per heavy atom. The monoisotopic (exact) mass is 483 g/mol. The number of ether oxygens (including phenoxy) is 2. The molecule has 0 aliphatic heterocycles. The number of aryl methyl sites for hydroxylation is 1. The van der Waals surface area contributed by atoms with E-state index in [0.717, 1.165) is 0 Å². The molecule has 5 nitrogen and oxygen atoms in total. The lowest BCUT2D eigenvalue weighted by Gasteiger charge is -2.24. The smallest absolute Gasteiger partial charge is 0.422 e. The van der Waals surface area contributed by atoms with Crippen LogP contribution in [0.5, 0.6) is 0 Å². The second-order valence-electron chi connectivity index (χ2n) is 9.65. The highest BCUT2D eigenvalue weighted by atomic mass is 28.3. The molecule has 1 aromatic carbocycles. The van der Waals surface area contributed by atoms with E-state index in [9.17, 15) is 31.5 Å². The van der Waals surface area contributed by atoms with Crippen LogP contribution in [0.2, 0.25) is 25.7 Å². The largest absolute Gasteiger partial charge is 0.458 e. The number of hydrogen-bond acceptors (Lipinski definition) is 4. The molecule has 0 saturated heterocycles. The Kier molecular flexibility index (Phi) is 9.25. The third kappa shape index (κ3) is 9.97. The molecule has 1 unspecified atom stereocenters. The zero-order valence-corrected chi connectivity index (χ0v) is 20.1. The SMILES string of the molecule is CC(C)(C)OC(=O)C(CCc1cc(F)c(C(F)(F)F)c(F)c1)NC(=O)OCC[Si](C)(C)C. The predicted molar refractivity (Wildman–Crippen MR) is 112 cm³/mol. The van der Waals surface area contributed by atoms with Gasteiger partial charge in [0.05, 0.1) is 6.61 Å². The minimum absolute atomic E-state index is 0.101. The molecule has 0 aliphatic rings. The minimum atomic E-state index is -5.17. The second kappa shape index (κ2) is 10.6. The van der Waals surface area contributed by atoms with Gasteiger partial charge in [0, 0.05) is 8.07 Å². The predicted octanol–water partition coefficient (Wildman–Crippen LogP) is 5.69. The molecule has 0 fully saturated rings. The fraction of sp³-hybridized carbons (Fsp3) is 0.619. The molecule has 1 atom stereocenters. The molecule has 1 aromatic rings. The first-order valence-corrected chi connectivity index (χ1v) is 13.8. The van der Waals surface area contributed by atoms with Gasteiger partial charge in [0.25, 0.3) is 0 Å². The fourth-order valence-electron chi connectivity index (χ4n) is 2.61. The number of alkyl carbamates (subject to hydrolysis) is 1. The Morgan fingerprint density at radius 1 is 1.06 bits per heavy atom. The second-order valence-corrected chi connectivity index (χ2v) is 15.3. The van der Waals surface area contributed by atoms with Crippen molar-refractivity contribution in [2.75, 3.05) is 6.61 Å². The van der Waals surface area contributed by atoms with Crippen LogP contribution in [0.25, 0.3) is 0 Å². The molecule has 0 spiro atoms. The first-order chi connectivity index (χ1) is 14.4. The third-order valence-electron chi connectivity index (χ3n) is 4.18. The van der Waals surface area contributed by atoms with Gasteiger partial charge in [0.2, 0.25) is 0 Å². The quantitative estimate of drug-likeness (QED) is 0.293. The van der Waals surface area contributed by atoms with Gasteiger partial charge in [-0.25, -0.2) is 18.4 Å². The highest BCUT2D eigenvalue weighted by Gasteiger charge is 2.38. The number of carbonyl (C=O) groups is 2. The number of esters is 1. The molecular weight excluding hydrogens is 453 g/mol. The van der Waals surface area contributed by atoms with Crippen LogP contribution in [0.1, 0.15) is 38.3 Å². The van der Waals surface area contributed by atoms with Crippen molar-refractivity contribution in [2.24, 2.45) is 0 Å². The number of amides is 1. The Balaban J connectivity index is 2.92. The van der Waals surface area contributed by atoms with Gasteiger partial charge in [-0.15, -0.1) is 0 Å². The van der Waals surface area contributed by atoms with Gasteiger partial charge >= 0.3 is 18.2 Å². The number of benzene rings is 1. The lowest BCUT2D eigenvalue weighted by Crippen LogP contribution is -2.45. The van der Waals surface area contributed by atoms with E-state index in [1.165, 1.54) is 0 Å². The van der Waals surface area contributed by atoms with Crippen molar-refractivity contribution in [3.05, 3.63) is 34.9 Å². The van der Waals surface area contributed by atoms with Crippen LogP contribution in [0.4, 0.5) is 26.7 Å². The zero-order chi connectivity index (χ0) is 24.9. The Morgan fingerprint density at radius 3 is 2.03 bits per heavy atom. The van der Waals surface area contributed by atoms with E-state index in [0.29, 0.717) is 18.2 Å². The van der Waals surface area contributed by atoms with Crippen molar-refractivity contribution in [1.29, 1.82) is 0 Å². The number of halogens is 5. The molecule has 1 amide bonds. The molecule has 0 aromatic heterocycles. The fourth-order valence-corrected chi connectivity index (χ4v) is 3.32. The number of carbonyl (C=O) groups excluding carboxylic acids is 2. The summed E-state index contributed by atoms with van der Waals surface area (Å²) in [4.78, 5) is 24.6. The first-order valence-electron chi connectivity index (χ1n) is 10.1. The topological polar surface area (TPSA) is 64.6 Å². The first kappa shape index (κ1) is 27.9. The Bertz CT molecular complexity index is 793. The molecule has 182 valence electrons. The van der Waals surface area contributed by atoms with Gasteiger partial charge in [-0.3, -0.25) is 0 Å². The Labute approximate surface area is 185 Å². The van der Waals surface area contributed by atoms with Crippen molar-refractivity contribution >= 4 is 20.1 Å². The average molecular weight is 484 g/mol. The van der Waals surface area contributed by atoms with Crippen LogP contribution in [-0.4, -0.2) is 38.4 Å². The van der Waals surface area contributed by atoms with Crippen LogP contribution in [0.15, 0.2) is 12.1 Å². The summed E-state index contributed by atoms with van der Waals surface area (Å²) < 4.78 is 76.2. The number of alkyl halides is 3. The third-order valence-corrected chi connectivity index (χ3v) is 5.88. The van der Waals surface area contributed by atoms with Gasteiger partial charge < -0.3 is 14.8 Å². The molecule has 32 heavy (non-hydrogen) atoms. The van der Waals surface area contributed by atoms with Crippen molar-refractivity contribution < 1.29 is 41.0 Å². The van der Waals surface area contributed by atoms with Gasteiger partial charge in [0.15, 0.2) is 0 Å². The van der Waals surface area contributed by atoms with Gasteiger partial charge in [-0.2, -0.15) is 13.2 Å². The summed E-state index contributed by atoms with van der Waals surface area (Å²) in [7, 11) is -1.45. The number of hydrogen-bond donors (Lipinski definition) is 1. The van der Waals surface area contributed by atoms with Gasteiger partial charge in [0.1, 0.15) is 28.8 Å². The lowest BCUT2D eigenvalue weighted by atomic mass is 10.0. The van der Waals surface area contributed by atoms with E-state index in [1.54, 1.807) is 20.8 Å². The molecule has 0 radical (unpaired) electrons. The summed E-state index contributed by atoms with van der Waals surface area (Å²) in [6.07, 6.45) is -6.38. The minimum Gasteiger partial charge on any atom is -0.458 e. The van der Waals surface area contributed by atoms with E-state index >= 15 is 0 Å². The molecular formula is C21H30F5NO4Si. The Hall–Kier alpha value is -2.17. The number of rotatable bonds is 8. The maximum Gasteiger partial charge on any atom is 0.422 e. The normalized spacial score (nSPS) is 13.5. The summed E-state index contributed by atoms with van der Waals surface area (Å²) in [6.45, 7) is 11.3. The molecule has 0 heterocycles. The van der Waals surface area contributed by atoms with Crippen molar-refractivity contribution in [3.8, 4) is 0 Å². The standard InChI is InChI=1S/C21H30F5NO4Si/c1-20(2,3)31-18(28)16(27-19(29)30-9-10-32(4,5)6)8-7-13-11-14(22)17(15(23)12-13)21(24,25)26/h11-12,16H,7-10H2,1-6H3,(H,27,29). The highest BCUT2D eigenvalue weighted by molar-refractivity contribution is 6.76. The van der Waals surface area contributed by atoms with E-state index in [2.05, 4.69) is 25.0 Å².